The predicted octanol–water partition coefficient (Wildman–Crippen LogP) is 0.435. The third-order valence-corrected chi connectivity index (χ3v) is 3.27. The van der Waals surface area contributed by atoms with Crippen LogP contribution in [0.2, 0.25) is 0 Å². The molecule has 0 aliphatic carbocycles. The molecule has 4 amide bonds. The van der Waals surface area contributed by atoms with Gasteiger partial charge in [-0.1, -0.05) is 30.3 Å². The second-order valence-electron chi connectivity index (χ2n) is 4.82. The van der Waals surface area contributed by atoms with Crippen LogP contribution in [0.5, 0.6) is 0 Å². The standard InChI is InChI=1S/C15H16N6O3/c16-14(23)20(18)11-7-6-10(8-12(11)21(19)15(17)24)13(22)9-4-2-1-3-5-9/h1-8H,18-19H2,(H2,16,23)(H2,17,24). The Bertz CT molecular complexity index is 793. The van der Waals surface area contributed by atoms with Gasteiger partial charge in [0.1, 0.15) is 0 Å². The molecule has 24 heavy (non-hydrogen) atoms. The quantitative estimate of drug-likeness (QED) is 0.276. The number of carbonyl (C=O) groups excluding carboxylic acids is 3. The monoisotopic (exact) mass is 328 g/mol. The molecule has 0 unspecified atom stereocenters. The summed E-state index contributed by atoms with van der Waals surface area (Å²) in [6.07, 6.45) is 0. The Morgan fingerprint density at radius 2 is 1.25 bits per heavy atom. The molecule has 124 valence electrons. The fourth-order valence-electron chi connectivity index (χ4n) is 2.05. The number of urea groups is 2. The molecule has 0 radical (unpaired) electrons. The highest BCUT2D eigenvalue weighted by Gasteiger charge is 2.21. The Hall–Kier alpha value is -3.43. The predicted molar refractivity (Wildman–Crippen MR) is 88.8 cm³/mol. The lowest BCUT2D eigenvalue weighted by atomic mass is 10.0. The minimum absolute atomic E-state index is 0.0217. The maximum Gasteiger partial charge on any atom is 0.333 e. The van der Waals surface area contributed by atoms with E-state index in [0.29, 0.717) is 15.6 Å². The summed E-state index contributed by atoms with van der Waals surface area (Å²) in [5.74, 6) is 10.8. The van der Waals surface area contributed by atoms with Gasteiger partial charge in [0.15, 0.2) is 5.78 Å². The molecular weight excluding hydrogens is 312 g/mol. The number of nitrogens with zero attached hydrogens (tertiary/aromatic N) is 2. The molecule has 8 N–H and O–H groups in total. The summed E-state index contributed by atoms with van der Waals surface area (Å²) < 4.78 is 0. The number of hydrogen-bond donors (Lipinski definition) is 4. The summed E-state index contributed by atoms with van der Waals surface area (Å²) in [6.45, 7) is 0. The smallest absolute Gasteiger partial charge is 0.333 e. The second-order valence-corrected chi connectivity index (χ2v) is 4.82. The first-order chi connectivity index (χ1) is 11.3. The van der Waals surface area contributed by atoms with E-state index >= 15 is 0 Å². The van der Waals surface area contributed by atoms with Gasteiger partial charge in [-0.2, -0.15) is 0 Å². The summed E-state index contributed by atoms with van der Waals surface area (Å²) in [5, 5.41) is 1.16. The number of hydrogen-bond acceptors (Lipinski definition) is 5. The Morgan fingerprint density at radius 1 is 0.708 bits per heavy atom. The normalized spacial score (nSPS) is 10.1. The molecule has 9 nitrogen and oxygen atoms in total. The fourth-order valence-corrected chi connectivity index (χ4v) is 2.05. The van der Waals surface area contributed by atoms with Crippen LogP contribution >= 0.6 is 0 Å². The molecule has 0 atom stereocenters. The summed E-state index contributed by atoms with van der Waals surface area (Å²) >= 11 is 0. The molecule has 2 rings (SSSR count). The molecule has 2 aromatic rings. The van der Waals surface area contributed by atoms with Crippen LogP contribution in [-0.2, 0) is 0 Å². The van der Waals surface area contributed by atoms with E-state index in [1.165, 1.54) is 18.2 Å². The first-order valence-corrected chi connectivity index (χ1v) is 6.75. The number of benzene rings is 2. The van der Waals surface area contributed by atoms with Gasteiger partial charge in [0.25, 0.3) is 0 Å². The summed E-state index contributed by atoms with van der Waals surface area (Å²) in [7, 11) is 0. The lowest BCUT2D eigenvalue weighted by molar-refractivity contribution is 0.103. The van der Waals surface area contributed by atoms with Gasteiger partial charge in [0.05, 0.1) is 11.4 Å². The van der Waals surface area contributed by atoms with Crippen LogP contribution in [0.15, 0.2) is 48.5 Å². The van der Waals surface area contributed by atoms with Crippen molar-refractivity contribution < 1.29 is 14.4 Å². The van der Waals surface area contributed by atoms with E-state index in [1.54, 1.807) is 30.3 Å². The van der Waals surface area contributed by atoms with Crippen LogP contribution in [0.4, 0.5) is 21.0 Å². The summed E-state index contributed by atoms with van der Waals surface area (Å²) in [4.78, 5) is 35.1. The molecule has 0 aliphatic rings. The van der Waals surface area contributed by atoms with Crippen molar-refractivity contribution in [1.82, 2.24) is 0 Å². The average molecular weight is 328 g/mol. The molecule has 2 aromatic carbocycles. The number of ketones is 1. The van der Waals surface area contributed by atoms with Crippen molar-refractivity contribution in [3.8, 4) is 0 Å². The van der Waals surface area contributed by atoms with Gasteiger partial charge in [-0.25, -0.2) is 31.3 Å². The van der Waals surface area contributed by atoms with Crippen molar-refractivity contribution in [3.05, 3.63) is 59.7 Å². The van der Waals surface area contributed by atoms with E-state index in [1.807, 2.05) is 0 Å². The SMILES string of the molecule is NC(=O)N(N)c1ccc(C(=O)c2ccccc2)cc1N(N)C(N)=O. The second kappa shape index (κ2) is 6.77. The number of amides is 4. The van der Waals surface area contributed by atoms with E-state index in [0.717, 1.165) is 0 Å². The lowest BCUT2D eigenvalue weighted by Gasteiger charge is -2.23. The molecule has 0 saturated carbocycles. The minimum atomic E-state index is -1.00. The highest BCUT2D eigenvalue weighted by molar-refractivity contribution is 6.11. The number of carbonyl (C=O) groups is 3. The largest absolute Gasteiger partial charge is 0.350 e. The Kier molecular flexibility index (Phi) is 4.78. The molecule has 0 spiro atoms. The van der Waals surface area contributed by atoms with Crippen LogP contribution in [0.1, 0.15) is 15.9 Å². The maximum atomic E-state index is 12.5. The maximum absolute atomic E-state index is 12.5. The Labute approximate surface area is 137 Å². The zero-order valence-corrected chi connectivity index (χ0v) is 12.5. The molecule has 0 heterocycles. The zero-order chi connectivity index (χ0) is 17.9. The number of anilines is 2. The summed E-state index contributed by atoms with van der Waals surface area (Å²) in [6, 6.07) is 10.6. The first kappa shape index (κ1) is 16.9. The van der Waals surface area contributed by atoms with Crippen molar-refractivity contribution >= 4 is 29.2 Å². The van der Waals surface area contributed by atoms with Crippen molar-refractivity contribution in [1.29, 1.82) is 0 Å². The van der Waals surface area contributed by atoms with E-state index in [-0.39, 0.29) is 22.7 Å². The zero-order valence-electron chi connectivity index (χ0n) is 12.5. The third kappa shape index (κ3) is 3.32. The Balaban J connectivity index is 2.53. The van der Waals surface area contributed by atoms with Gasteiger partial charge in [0, 0.05) is 11.1 Å². The molecule has 9 heteroatoms. The number of rotatable bonds is 4. The van der Waals surface area contributed by atoms with Crippen LogP contribution in [-0.4, -0.2) is 17.8 Å². The summed E-state index contributed by atoms with van der Waals surface area (Å²) in [5.41, 5.74) is 10.9. The molecular formula is C15H16N6O3. The van der Waals surface area contributed by atoms with Crippen LogP contribution in [0.3, 0.4) is 0 Å². The van der Waals surface area contributed by atoms with E-state index in [2.05, 4.69) is 0 Å². The van der Waals surface area contributed by atoms with Crippen molar-refractivity contribution in [3.63, 3.8) is 0 Å². The average Bonchev–Trinajstić information content (AvgIpc) is 2.59. The van der Waals surface area contributed by atoms with Gasteiger partial charge in [0.2, 0.25) is 0 Å². The molecule has 0 saturated heterocycles. The number of hydrazine groups is 2. The fraction of sp³-hybridized carbons (Fsp3) is 0. The van der Waals surface area contributed by atoms with Crippen LogP contribution < -0.4 is 33.2 Å². The molecule has 0 bridgehead atoms. The minimum Gasteiger partial charge on any atom is -0.350 e. The van der Waals surface area contributed by atoms with Gasteiger partial charge in [-0.15, -0.1) is 0 Å². The lowest BCUT2D eigenvalue weighted by Crippen LogP contribution is -2.46. The topological polar surface area (TPSA) is 162 Å². The van der Waals surface area contributed by atoms with Gasteiger partial charge >= 0.3 is 12.1 Å². The number of nitrogens with two attached hydrogens (primary N) is 4. The van der Waals surface area contributed by atoms with Crippen LogP contribution in [0.25, 0.3) is 0 Å². The van der Waals surface area contributed by atoms with E-state index in [9.17, 15) is 14.4 Å². The Morgan fingerprint density at radius 3 is 1.79 bits per heavy atom. The van der Waals surface area contributed by atoms with E-state index < -0.39 is 12.1 Å². The molecule has 0 aliphatic heterocycles. The van der Waals surface area contributed by atoms with Gasteiger partial charge in [-0.3, -0.25) is 4.79 Å². The highest BCUT2D eigenvalue weighted by atomic mass is 16.2. The first-order valence-electron chi connectivity index (χ1n) is 6.75. The highest BCUT2D eigenvalue weighted by Crippen LogP contribution is 2.28. The van der Waals surface area contributed by atoms with Gasteiger partial charge < -0.3 is 11.5 Å². The van der Waals surface area contributed by atoms with Crippen molar-refractivity contribution in [2.75, 3.05) is 10.0 Å². The van der Waals surface area contributed by atoms with Gasteiger partial charge in [-0.05, 0) is 18.2 Å². The molecule has 0 aromatic heterocycles. The molecule has 0 fully saturated rings. The van der Waals surface area contributed by atoms with Crippen molar-refractivity contribution in [2.45, 2.75) is 0 Å². The van der Waals surface area contributed by atoms with E-state index in [4.69, 9.17) is 23.2 Å². The van der Waals surface area contributed by atoms with Crippen LogP contribution in [0, 0.1) is 0 Å². The number of primary amides is 2. The third-order valence-electron chi connectivity index (χ3n) is 3.27. The van der Waals surface area contributed by atoms with Crippen molar-refractivity contribution in [2.24, 2.45) is 23.2 Å².